The fourth-order valence-corrected chi connectivity index (χ4v) is 7.97. The van der Waals surface area contributed by atoms with Crippen molar-refractivity contribution in [3.05, 3.63) is 123 Å². The van der Waals surface area contributed by atoms with Gasteiger partial charge in [0.15, 0.2) is 6.61 Å². The van der Waals surface area contributed by atoms with Crippen molar-refractivity contribution in [3.63, 3.8) is 0 Å². The average molecular weight is 1050 g/mol. The number of ether oxygens (including phenoxy) is 3. The number of fused-ring (bicyclic) bond motifs is 1. The molecule has 1 saturated carbocycles. The van der Waals surface area contributed by atoms with Crippen molar-refractivity contribution in [2.24, 2.45) is 5.73 Å². The maximum atomic E-state index is 15.1. The van der Waals surface area contributed by atoms with Crippen LogP contribution in [0.5, 0.6) is 11.5 Å². The molecule has 1 aliphatic carbocycles. The van der Waals surface area contributed by atoms with Gasteiger partial charge >= 0.3 is 21.1 Å². The van der Waals surface area contributed by atoms with Crippen molar-refractivity contribution in [2.75, 3.05) is 33.5 Å². The van der Waals surface area contributed by atoms with E-state index in [0.717, 1.165) is 41.7 Å². The van der Waals surface area contributed by atoms with E-state index in [4.69, 9.17) is 43.1 Å². The van der Waals surface area contributed by atoms with Gasteiger partial charge in [0.25, 0.3) is 17.7 Å². The number of nitrogens with two attached hydrogens (primary N) is 2. The number of carbonyl (C=O) groups is 5. The van der Waals surface area contributed by atoms with E-state index in [0.29, 0.717) is 34.5 Å². The van der Waals surface area contributed by atoms with Crippen LogP contribution in [0.25, 0.3) is 17.3 Å². The Balaban J connectivity index is 0.000000260. The largest absolute Gasteiger partial charge is 2.00 e. The second-order valence-electron chi connectivity index (χ2n) is 14.3. The fourth-order valence-electron chi connectivity index (χ4n) is 7.36. The summed E-state index contributed by atoms with van der Waals surface area (Å²) in [6, 6.07) is 22.8. The van der Waals surface area contributed by atoms with E-state index in [9.17, 15) is 24.0 Å². The number of methoxy groups -OCH3 is 1. The molecule has 2 aliphatic heterocycles. The summed E-state index contributed by atoms with van der Waals surface area (Å²) in [5, 5.41) is 5.91. The molecule has 0 radical (unpaired) electrons. The first-order valence-corrected chi connectivity index (χ1v) is 20.1. The van der Waals surface area contributed by atoms with Crippen LogP contribution in [0.4, 0.5) is 4.39 Å². The van der Waals surface area contributed by atoms with Gasteiger partial charge in [0.2, 0.25) is 11.8 Å². The molecule has 0 aromatic heterocycles. The summed E-state index contributed by atoms with van der Waals surface area (Å²) >= 11 is 12.9. The standard InChI is InChI=1S/C23H21Cl2FNO2.C21H23N3O6.H2N.W/c1-28-10-11-29-22-9-5-8-16(23(22)26)17-12-18(21(25)13-20(17)24)19(14-27)15-6-3-2-4-7-15;25-17-9-8-16(19(27)23-17)24-20(28)14-7-6-13(10-15(14)21(24)29)30-11-18(26)22-12-4-2-1-3-5-12;;/h2-7,9,12-13,19H,10-11,14,27H2,1H3;6-7,10,12,16H,1-5,8-9,11H2,(H,22,26)(H,23,25,27);1H2;/q-1;;-1;+2. The van der Waals surface area contributed by atoms with Crippen LogP contribution in [-0.4, -0.2) is 80.0 Å². The third-order valence-electron chi connectivity index (χ3n) is 10.4. The molecule has 0 spiro atoms. The number of nitrogens with one attached hydrogen (secondary N) is 2. The van der Waals surface area contributed by atoms with Gasteiger partial charge in [-0.05, 0) is 54.7 Å². The van der Waals surface area contributed by atoms with E-state index < -0.39 is 35.5 Å². The van der Waals surface area contributed by atoms with Gasteiger partial charge in [0, 0.05) is 42.1 Å². The SMILES string of the molecule is COCCOc1cc[c-]c(-c2cc(C(CN)c3ccccc3)c(Cl)cc2Cl)c1F.O=C1CCC(N2C(=O)c3ccc(OCC(=O)NC4CCCCC4)cc3C2=O)C(=O)N1.[NH2-].[W+2]. The minimum absolute atomic E-state index is 0. The number of halogens is 3. The smallest absolute Gasteiger partial charge is 0.693 e. The van der Waals surface area contributed by atoms with E-state index in [2.05, 4.69) is 16.7 Å². The normalized spacial score (nSPS) is 16.5. The summed E-state index contributed by atoms with van der Waals surface area (Å²) in [6.07, 6.45) is 5.51. The second-order valence-corrected chi connectivity index (χ2v) is 15.1. The molecule has 1 saturated heterocycles. The number of imide groups is 2. The first-order chi connectivity index (χ1) is 28.5. The van der Waals surface area contributed by atoms with Crippen LogP contribution in [0.2, 0.25) is 10.0 Å². The monoisotopic (exact) mass is 1050 g/mol. The van der Waals surface area contributed by atoms with Crippen LogP contribution >= 0.6 is 23.2 Å². The van der Waals surface area contributed by atoms with E-state index in [1.54, 1.807) is 25.3 Å². The minimum atomic E-state index is -1.01. The van der Waals surface area contributed by atoms with Crippen LogP contribution in [0, 0.1) is 11.9 Å². The Morgan fingerprint density at radius 2 is 1.64 bits per heavy atom. The second kappa shape index (κ2) is 22.9. The number of carbonyl (C=O) groups excluding carboxylic acids is 5. The van der Waals surface area contributed by atoms with Crippen LogP contribution in [0.15, 0.2) is 72.8 Å². The number of amides is 5. The predicted octanol–water partition coefficient (Wildman–Crippen LogP) is 7.35. The van der Waals surface area contributed by atoms with Crippen LogP contribution < -0.4 is 25.8 Å². The molecular weight excluding hydrogens is 1000 g/mol. The van der Waals surface area contributed by atoms with Crippen molar-refractivity contribution in [1.82, 2.24) is 15.5 Å². The predicted molar refractivity (Wildman–Crippen MR) is 224 cm³/mol. The molecule has 6 N–H and O–H groups in total. The van der Waals surface area contributed by atoms with Gasteiger partial charge in [-0.1, -0.05) is 90.5 Å². The summed E-state index contributed by atoms with van der Waals surface area (Å²) in [7, 11) is 1.56. The summed E-state index contributed by atoms with van der Waals surface area (Å²) in [6.45, 7) is 0.750. The van der Waals surface area contributed by atoms with Gasteiger partial charge in [-0.15, -0.1) is 17.7 Å². The molecule has 2 atom stereocenters. The molecule has 322 valence electrons. The number of benzene rings is 4. The quantitative estimate of drug-likeness (QED) is 0.0696. The number of hydrogen-bond donors (Lipinski definition) is 3. The molecule has 61 heavy (non-hydrogen) atoms. The molecule has 17 heteroatoms. The Hall–Kier alpha value is -4.69. The van der Waals surface area contributed by atoms with Crippen LogP contribution in [-0.2, 0) is 40.2 Å². The van der Waals surface area contributed by atoms with E-state index >= 15 is 4.39 Å². The zero-order chi connectivity index (χ0) is 42.1. The van der Waals surface area contributed by atoms with Gasteiger partial charge in [-0.2, -0.15) is 0 Å². The molecule has 2 unspecified atom stereocenters. The Morgan fingerprint density at radius 1 is 0.918 bits per heavy atom. The molecule has 5 amide bonds. The molecule has 2 heterocycles. The van der Waals surface area contributed by atoms with Crippen molar-refractivity contribution in [1.29, 1.82) is 0 Å². The van der Waals surface area contributed by atoms with Crippen molar-refractivity contribution in [3.8, 4) is 22.6 Å². The zero-order valence-corrected chi connectivity index (χ0v) is 37.8. The Morgan fingerprint density at radius 3 is 2.33 bits per heavy atom. The summed E-state index contributed by atoms with van der Waals surface area (Å²) in [5.41, 5.74) is 8.83. The first kappa shape index (κ1) is 49.0. The molecular formula is C44H46Cl2FN5O8W. The number of hydrogen-bond acceptors (Lipinski definition) is 9. The van der Waals surface area contributed by atoms with E-state index in [1.165, 1.54) is 30.7 Å². The molecule has 3 aliphatic rings. The molecule has 4 aromatic carbocycles. The molecule has 0 bridgehead atoms. The van der Waals surface area contributed by atoms with Crippen LogP contribution in [0.3, 0.4) is 0 Å². The maximum Gasteiger partial charge on any atom is 2.00 e. The maximum absolute atomic E-state index is 15.1. The fraction of sp³-hybridized carbons (Fsp3) is 0.341. The minimum Gasteiger partial charge on any atom is -0.693 e. The van der Waals surface area contributed by atoms with Gasteiger partial charge in [0.05, 0.1) is 29.3 Å². The van der Waals surface area contributed by atoms with Gasteiger partial charge in [-0.3, -0.25) is 38.6 Å². The van der Waals surface area contributed by atoms with Crippen molar-refractivity contribution < 1.29 is 63.6 Å². The van der Waals surface area contributed by atoms with Gasteiger partial charge < -0.3 is 31.4 Å². The zero-order valence-electron chi connectivity index (χ0n) is 33.3. The van der Waals surface area contributed by atoms with Gasteiger partial charge in [0.1, 0.15) is 18.4 Å². The van der Waals surface area contributed by atoms with Crippen LogP contribution in [0.1, 0.15) is 82.7 Å². The number of nitrogens with zero attached hydrogens (tertiary/aromatic N) is 1. The molecule has 4 aromatic rings. The Labute approximate surface area is 378 Å². The Bertz CT molecular complexity index is 2210. The molecule has 2 fully saturated rings. The van der Waals surface area contributed by atoms with Gasteiger partial charge in [-0.25, -0.2) is 0 Å². The van der Waals surface area contributed by atoms with Crippen molar-refractivity contribution in [2.45, 2.75) is 62.9 Å². The number of piperidine rings is 1. The van der Waals surface area contributed by atoms with E-state index in [1.807, 2.05) is 30.3 Å². The summed E-state index contributed by atoms with van der Waals surface area (Å²) in [5.74, 6) is -2.78. The average Bonchev–Trinajstić information content (AvgIpc) is 3.48. The summed E-state index contributed by atoms with van der Waals surface area (Å²) in [4.78, 5) is 61.9. The van der Waals surface area contributed by atoms with E-state index in [-0.39, 0.29) is 93.6 Å². The molecule has 13 nitrogen and oxygen atoms in total. The third-order valence-corrected chi connectivity index (χ3v) is 11.0. The molecule has 7 rings (SSSR count). The summed E-state index contributed by atoms with van der Waals surface area (Å²) < 4.78 is 31.0. The third kappa shape index (κ3) is 11.8. The van der Waals surface area contributed by atoms with Crippen molar-refractivity contribution >= 4 is 52.7 Å². The number of rotatable bonds is 13. The topological polar surface area (TPSA) is 200 Å². The first-order valence-electron chi connectivity index (χ1n) is 19.3. The Kier molecular flexibility index (Phi) is 18.4.